The molecule has 3 rings (SSSR count). The molecule has 0 aliphatic carbocycles. The van der Waals surface area contributed by atoms with E-state index in [0.29, 0.717) is 18.2 Å². The van der Waals surface area contributed by atoms with Crippen molar-refractivity contribution in [3.05, 3.63) is 35.0 Å². The number of nitrogens with zero attached hydrogens (tertiary/aromatic N) is 1. The fraction of sp³-hybridized carbons (Fsp3) is 0.357. The average Bonchev–Trinajstić information content (AvgIpc) is 2.97. The summed E-state index contributed by atoms with van der Waals surface area (Å²) in [5, 5.41) is 1.66. The summed E-state index contributed by atoms with van der Waals surface area (Å²) in [7, 11) is 1.93. The van der Waals surface area contributed by atoms with Crippen LogP contribution >= 0.6 is 11.6 Å². The number of ketones is 1. The quantitative estimate of drug-likeness (QED) is 0.780. The van der Waals surface area contributed by atoms with E-state index in [-0.39, 0.29) is 11.7 Å². The number of hydrogen-bond donors (Lipinski definition) is 0. The molecule has 0 amide bonds. The zero-order valence-electron chi connectivity index (χ0n) is 10.1. The van der Waals surface area contributed by atoms with Crippen molar-refractivity contribution in [3.63, 3.8) is 0 Å². The Kier molecular flexibility index (Phi) is 2.88. The Morgan fingerprint density at radius 3 is 3.06 bits per heavy atom. The first-order valence-corrected chi connectivity index (χ1v) is 6.41. The molecular formula is C14H14ClNO2. The van der Waals surface area contributed by atoms with E-state index in [0.717, 1.165) is 22.9 Å². The minimum atomic E-state index is 0.00581. The average molecular weight is 264 g/mol. The number of Topliss-reactive ketones (excluding diaryl/α,β-unsaturated/α-hetero) is 1. The zero-order chi connectivity index (χ0) is 12.7. The van der Waals surface area contributed by atoms with Crippen molar-refractivity contribution < 1.29 is 9.53 Å². The Morgan fingerprint density at radius 1 is 1.50 bits per heavy atom. The van der Waals surface area contributed by atoms with Gasteiger partial charge in [0.05, 0.1) is 6.61 Å². The molecular weight excluding hydrogens is 250 g/mol. The summed E-state index contributed by atoms with van der Waals surface area (Å²) in [6.45, 7) is 1.23. The minimum Gasteiger partial charge on any atom is -0.381 e. The maximum atomic E-state index is 12.4. The van der Waals surface area contributed by atoms with Crippen LogP contribution in [-0.2, 0) is 11.8 Å². The molecule has 0 N–H and O–H groups in total. The SMILES string of the molecule is Cn1cc(C(=O)C2CCOC2)c2ccc(Cl)cc21. The predicted octanol–water partition coefficient (Wildman–Crippen LogP) is 3.05. The molecule has 1 atom stereocenters. The van der Waals surface area contributed by atoms with E-state index in [1.165, 1.54) is 0 Å². The summed E-state index contributed by atoms with van der Waals surface area (Å²) in [4.78, 5) is 12.4. The Hall–Kier alpha value is -1.32. The molecule has 1 aliphatic heterocycles. The number of hydrogen-bond acceptors (Lipinski definition) is 2. The van der Waals surface area contributed by atoms with Crippen LogP contribution < -0.4 is 0 Å². The van der Waals surface area contributed by atoms with Crippen LogP contribution in [-0.4, -0.2) is 23.6 Å². The maximum Gasteiger partial charge on any atom is 0.170 e. The van der Waals surface area contributed by atoms with Crippen LogP contribution in [0.3, 0.4) is 0 Å². The zero-order valence-corrected chi connectivity index (χ0v) is 10.9. The van der Waals surface area contributed by atoms with Crippen LogP contribution in [0.5, 0.6) is 0 Å². The van der Waals surface area contributed by atoms with Crippen LogP contribution in [0.1, 0.15) is 16.8 Å². The van der Waals surface area contributed by atoms with Crippen molar-refractivity contribution in [3.8, 4) is 0 Å². The molecule has 94 valence electrons. The lowest BCUT2D eigenvalue weighted by Gasteiger charge is -2.04. The van der Waals surface area contributed by atoms with Gasteiger partial charge in [0.2, 0.25) is 0 Å². The number of fused-ring (bicyclic) bond motifs is 1. The highest BCUT2D eigenvalue weighted by molar-refractivity contribution is 6.31. The van der Waals surface area contributed by atoms with Gasteiger partial charge in [-0.2, -0.15) is 0 Å². The third-order valence-corrected chi connectivity index (χ3v) is 3.75. The summed E-state index contributed by atoms with van der Waals surface area (Å²) in [6, 6.07) is 5.63. The lowest BCUT2D eigenvalue weighted by Crippen LogP contribution is -2.14. The number of ether oxygens (including phenoxy) is 1. The van der Waals surface area contributed by atoms with E-state index < -0.39 is 0 Å². The number of aryl methyl sites for hydroxylation is 1. The highest BCUT2D eigenvalue weighted by Gasteiger charge is 2.26. The van der Waals surface area contributed by atoms with Gasteiger partial charge < -0.3 is 9.30 Å². The summed E-state index contributed by atoms with van der Waals surface area (Å²) < 4.78 is 7.24. The molecule has 1 fully saturated rings. The summed E-state index contributed by atoms with van der Waals surface area (Å²) in [5.74, 6) is 0.187. The van der Waals surface area contributed by atoms with Gasteiger partial charge in [0.1, 0.15) is 0 Å². The molecule has 0 saturated carbocycles. The van der Waals surface area contributed by atoms with E-state index in [4.69, 9.17) is 16.3 Å². The fourth-order valence-electron chi connectivity index (χ4n) is 2.51. The molecule has 18 heavy (non-hydrogen) atoms. The monoisotopic (exact) mass is 263 g/mol. The van der Waals surface area contributed by atoms with E-state index >= 15 is 0 Å². The second-order valence-corrected chi connectivity index (χ2v) is 5.18. The number of halogens is 1. The van der Waals surface area contributed by atoms with Crippen LogP contribution in [0.25, 0.3) is 10.9 Å². The van der Waals surface area contributed by atoms with Gasteiger partial charge in [0, 0.05) is 47.3 Å². The van der Waals surface area contributed by atoms with Crippen molar-refractivity contribution in [2.75, 3.05) is 13.2 Å². The van der Waals surface area contributed by atoms with Gasteiger partial charge in [-0.1, -0.05) is 17.7 Å². The topological polar surface area (TPSA) is 31.2 Å². The number of aromatic nitrogens is 1. The first kappa shape index (κ1) is 11.8. The first-order chi connectivity index (χ1) is 8.66. The van der Waals surface area contributed by atoms with Crippen LogP contribution in [0.2, 0.25) is 5.02 Å². The van der Waals surface area contributed by atoms with E-state index in [9.17, 15) is 4.79 Å². The molecule has 1 aliphatic rings. The second-order valence-electron chi connectivity index (χ2n) is 4.74. The molecule has 2 heterocycles. The van der Waals surface area contributed by atoms with Gasteiger partial charge in [-0.05, 0) is 18.6 Å². The Morgan fingerprint density at radius 2 is 2.33 bits per heavy atom. The third kappa shape index (κ3) is 1.84. The van der Waals surface area contributed by atoms with E-state index in [1.807, 2.05) is 36.0 Å². The molecule has 1 unspecified atom stereocenters. The molecule has 3 nitrogen and oxygen atoms in total. The number of rotatable bonds is 2. The van der Waals surface area contributed by atoms with Gasteiger partial charge >= 0.3 is 0 Å². The smallest absolute Gasteiger partial charge is 0.170 e. The van der Waals surface area contributed by atoms with Crippen LogP contribution in [0, 0.1) is 5.92 Å². The van der Waals surface area contributed by atoms with Crippen molar-refractivity contribution in [1.82, 2.24) is 4.57 Å². The lowest BCUT2D eigenvalue weighted by atomic mass is 9.97. The van der Waals surface area contributed by atoms with E-state index in [2.05, 4.69) is 0 Å². The Balaban J connectivity index is 2.09. The molecule has 4 heteroatoms. The minimum absolute atomic E-state index is 0.00581. The van der Waals surface area contributed by atoms with Gasteiger partial charge in [-0.15, -0.1) is 0 Å². The maximum absolute atomic E-state index is 12.4. The van der Waals surface area contributed by atoms with Crippen molar-refractivity contribution in [2.45, 2.75) is 6.42 Å². The number of carbonyl (C=O) groups excluding carboxylic acids is 1. The van der Waals surface area contributed by atoms with Crippen LogP contribution in [0.15, 0.2) is 24.4 Å². The second kappa shape index (κ2) is 4.41. The lowest BCUT2D eigenvalue weighted by molar-refractivity contribution is 0.0902. The fourth-order valence-corrected chi connectivity index (χ4v) is 2.68. The first-order valence-electron chi connectivity index (χ1n) is 6.03. The van der Waals surface area contributed by atoms with Crippen LogP contribution in [0.4, 0.5) is 0 Å². The van der Waals surface area contributed by atoms with E-state index in [1.54, 1.807) is 0 Å². The van der Waals surface area contributed by atoms with Crippen molar-refractivity contribution in [1.29, 1.82) is 0 Å². The van der Waals surface area contributed by atoms with Gasteiger partial charge in [0.15, 0.2) is 5.78 Å². The molecule has 0 spiro atoms. The number of carbonyl (C=O) groups is 1. The van der Waals surface area contributed by atoms with Gasteiger partial charge in [-0.3, -0.25) is 4.79 Å². The molecule has 1 aromatic carbocycles. The summed E-state index contributed by atoms with van der Waals surface area (Å²) in [6.07, 6.45) is 2.71. The number of benzene rings is 1. The highest BCUT2D eigenvalue weighted by atomic mass is 35.5. The normalized spacial score (nSPS) is 19.6. The molecule has 0 bridgehead atoms. The summed E-state index contributed by atoms with van der Waals surface area (Å²) >= 11 is 5.99. The molecule has 0 radical (unpaired) electrons. The summed E-state index contributed by atoms with van der Waals surface area (Å²) in [5.41, 5.74) is 1.77. The molecule has 1 aromatic heterocycles. The van der Waals surface area contributed by atoms with Gasteiger partial charge in [-0.25, -0.2) is 0 Å². The van der Waals surface area contributed by atoms with Crippen molar-refractivity contribution >= 4 is 28.3 Å². The van der Waals surface area contributed by atoms with Crippen molar-refractivity contribution in [2.24, 2.45) is 13.0 Å². The Labute approximate surface area is 110 Å². The predicted molar refractivity (Wildman–Crippen MR) is 71.2 cm³/mol. The third-order valence-electron chi connectivity index (χ3n) is 3.52. The standard InChI is InChI=1S/C14H14ClNO2/c1-16-7-12(14(17)9-4-5-18-8-9)11-3-2-10(15)6-13(11)16/h2-3,6-7,9H,4-5,8H2,1H3. The Bertz CT molecular complexity index is 612. The highest BCUT2D eigenvalue weighted by Crippen LogP contribution is 2.27. The molecule has 2 aromatic rings. The largest absolute Gasteiger partial charge is 0.381 e. The molecule has 1 saturated heterocycles. The van der Waals surface area contributed by atoms with Gasteiger partial charge in [0.25, 0.3) is 0 Å².